The van der Waals surface area contributed by atoms with Crippen LogP contribution >= 0.6 is 0 Å². The summed E-state index contributed by atoms with van der Waals surface area (Å²) < 4.78 is 0. The molecule has 1 aliphatic rings. The van der Waals surface area contributed by atoms with E-state index in [1.165, 1.54) is 71.1 Å². The molecular weight excluding hydrogens is 232 g/mol. The van der Waals surface area contributed by atoms with Gasteiger partial charge in [-0.1, -0.05) is 33.6 Å². The summed E-state index contributed by atoms with van der Waals surface area (Å²) in [6.45, 7) is 14.4. The van der Waals surface area contributed by atoms with Crippen molar-refractivity contribution < 1.29 is 0 Å². The first-order valence-electron chi connectivity index (χ1n) is 8.62. The first kappa shape index (κ1) is 17.0. The number of nitrogens with one attached hydrogen (secondary N) is 1. The average molecular weight is 268 g/mol. The molecule has 0 aromatic heterocycles. The molecule has 0 aliphatic carbocycles. The van der Waals surface area contributed by atoms with Gasteiger partial charge >= 0.3 is 0 Å². The highest BCUT2D eigenvalue weighted by Crippen LogP contribution is 2.38. The first-order valence-corrected chi connectivity index (χ1v) is 8.62. The minimum Gasteiger partial charge on any atom is -0.317 e. The van der Waals surface area contributed by atoms with Crippen molar-refractivity contribution in [1.82, 2.24) is 10.2 Å². The number of likely N-dealkylation sites (tertiary alicyclic amines) is 1. The van der Waals surface area contributed by atoms with E-state index in [1.54, 1.807) is 0 Å². The zero-order chi connectivity index (χ0) is 14.1. The van der Waals surface area contributed by atoms with Crippen LogP contribution in [-0.4, -0.2) is 37.1 Å². The Morgan fingerprint density at radius 1 is 1.05 bits per heavy atom. The molecule has 0 spiro atoms. The molecule has 0 saturated carbocycles. The van der Waals surface area contributed by atoms with Crippen LogP contribution < -0.4 is 5.32 Å². The van der Waals surface area contributed by atoms with E-state index >= 15 is 0 Å². The van der Waals surface area contributed by atoms with Crippen LogP contribution in [0, 0.1) is 5.41 Å². The summed E-state index contributed by atoms with van der Waals surface area (Å²) in [6.07, 6.45) is 9.49. The van der Waals surface area contributed by atoms with Gasteiger partial charge in [0.05, 0.1) is 0 Å². The van der Waals surface area contributed by atoms with Crippen molar-refractivity contribution in [2.45, 2.75) is 78.7 Å². The van der Waals surface area contributed by atoms with Crippen molar-refractivity contribution in [1.29, 1.82) is 0 Å². The standard InChI is InChI=1S/C17H36N2/c1-5-12-18-13-8-9-16(4)19-14-10-17(6-2,7-3)11-15-19/h16,18H,5-15H2,1-4H3. The second-order valence-corrected chi connectivity index (χ2v) is 6.48. The van der Waals surface area contributed by atoms with E-state index in [0.717, 1.165) is 6.04 Å². The predicted molar refractivity (Wildman–Crippen MR) is 85.7 cm³/mol. The summed E-state index contributed by atoms with van der Waals surface area (Å²) in [6, 6.07) is 0.773. The van der Waals surface area contributed by atoms with Gasteiger partial charge in [0.15, 0.2) is 0 Å². The van der Waals surface area contributed by atoms with Crippen LogP contribution in [0.25, 0.3) is 0 Å². The quantitative estimate of drug-likeness (QED) is 0.635. The minimum absolute atomic E-state index is 0.666. The maximum absolute atomic E-state index is 3.51. The Morgan fingerprint density at radius 2 is 1.68 bits per heavy atom. The minimum atomic E-state index is 0.666. The second-order valence-electron chi connectivity index (χ2n) is 6.48. The lowest BCUT2D eigenvalue weighted by Crippen LogP contribution is -2.44. The summed E-state index contributed by atoms with van der Waals surface area (Å²) in [5, 5.41) is 3.51. The van der Waals surface area contributed by atoms with Crippen molar-refractivity contribution in [2.24, 2.45) is 5.41 Å². The molecule has 0 radical (unpaired) electrons. The van der Waals surface area contributed by atoms with Gasteiger partial charge in [-0.05, 0) is 70.6 Å². The summed E-state index contributed by atoms with van der Waals surface area (Å²) in [5.41, 5.74) is 0.666. The van der Waals surface area contributed by atoms with Gasteiger partial charge in [-0.3, -0.25) is 0 Å². The molecule has 0 amide bonds. The maximum Gasteiger partial charge on any atom is 0.00674 e. The van der Waals surface area contributed by atoms with Crippen LogP contribution in [0.2, 0.25) is 0 Å². The molecule has 1 unspecified atom stereocenters. The third kappa shape index (κ3) is 5.43. The van der Waals surface area contributed by atoms with Gasteiger partial charge in [-0.15, -0.1) is 0 Å². The number of nitrogens with zero attached hydrogens (tertiary/aromatic N) is 1. The van der Waals surface area contributed by atoms with Crippen molar-refractivity contribution in [3.63, 3.8) is 0 Å². The Balaban J connectivity index is 2.19. The Hall–Kier alpha value is -0.0800. The van der Waals surface area contributed by atoms with Crippen molar-refractivity contribution in [3.05, 3.63) is 0 Å². The second kappa shape index (κ2) is 8.97. The molecule has 1 heterocycles. The van der Waals surface area contributed by atoms with Gasteiger partial charge in [0.1, 0.15) is 0 Å². The molecule has 114 valence electrons. The molecule has 1 rings (SSSR count). The lowest BCUT2D eigenvalue weighted by atomic mass is 9.74. The highest BCUT2D eigenvalue weighted by Gasteiger charge is 2.32. The SMILES string of the molecule is CCCNCCCC(C)N1CCC(CC)(CC)CC1. The molecule has 0 aromatic carbocycles. The van der Waals surface area contributed by atoms with Gasteiger partial charge in [-0.25, -0.2) is 0 Å². The fourth-order valence-corrected chi connectivity index (χ4v) is 3.40. The molecule has 1 aliphatic heterocycles. The molecule has 0 bridgehead atoms. The zero-order valence-corrected chi connectivity index (χ0v) is 13.8. The summed E-state index contributed by atoms with van der Waals surface area (Å²) in [7, 11) is 0. The van der Waals surface area contributed by atoms with Crippen LogP contribution in [0.15, 0.2) is 0 Å². The topological polar surface area (TPSA) is 15.3 Å². The fourth-order valence-electron chi connectivity index (χ4n) is 3.40. The molecule has 2 nitrogen and oxygen atoms in total. The Bertz CT molecular complexity index is 213. The van der Waals surface area contributed by atoms with E-state index in [4.69, 9.17) is 0 Å². The van der Waals surface area contributed by atoms with E-state index in [9.17, 15) is 0 Å². The Labute approximate surface area is 121 Å². The molecule has 19 heavy (non-hydrogen) atoms. The number of piperidine rings is 1. The third-order valence-corrected chi connectivity index (χ3v) is 5.38. The third-order valence-electron chi connectivity index (χ3n) is 5.38. The lowest BCUT2D eigenvalue weighted by Gasteiger charge is -2.43. The maximum atomic E-state index is 3.51. The van der Waals surface area contributed by atoms with Gasteiger partial charge in [-0.2, -0.15) is 0 Å². The largest absolute Gasteiger partial charge is 0.317 e. The van der Waals surface area contributed by atoms with Crippen LogP contribution in [0.3, 0.4) is 0 Å². The van der Waals surface area contributed by atoms with Crippen LogP contribution in [0.1, 0.15) is 72.6 Å². The first-order chi connectivity index (χ1) is 9.17. The van der Waals surface area contributed by atoms with Crippen molar-refractivity contribution in [3.8, 4) is 0 Å². The predicted octanol–water partition coefficient (Wildman–Crippen LogP) is 4.06. The van der Waals surface area contributed by atoms with Gasteiger partial charge in [0, 0.05) is 6.04 Å². The Morgan fingerprint density at radius 3 is 2.21 bits per heavy atom. The molecule has 0 aromatic rings. The number of hydrogen-bond acceptors (Lipinski definition) is 2. The fraction of sp³-hybridized carbons (Fsp3) is 1.00. The van der Waals surface area contributed by atoms with Crippen LogP contribution in [-0.2, 0) is 0 Å². The molecule has 1 fully saturated rings. The van der Waals surface area contributed by atoms with E-state index in [0.29, 0.717) is 5.41 Å². The lowest BCUT2D eigenvalue weighted by molar-refractivity contribution is 0.0680. The zero-order valence-electron chi connectivity index (χ0n) is 13.8. The van der Waals surface area contributed by atoms with E-state index < -0.39 is 0 Å². The molecule has 1 N–H and O–H groups in total. The smallest absolute Gasteiger partial charge is 0.00674 e. The van der Waals surface area contributed by atoms with Crippen LogP contribution in [0.4, 0.5) is 0 Å². The molecule has 1 atom stereocenters. The van der Waals surface area contributed by atoms with Crippen molar-refractivity contribution >= 4 is 0 Å². The summed E-state index contributed by atoms with van der Waals surface area (Å²) >= 11 is 0. The van der Waals surface area contributed by atoms with Gasteiger partial charge in [0.2, 0.25) is 0 Å². The number of rotatable bonds is 9. The summed E-state index contributed by atoms with van der Waals surface area (Å²) in [4.78, 5) is 2.73. The highest BCUT2D eigenvalue weighted by atomic mass is 15.2. The molecule has 1 saturated heterocycles. The van der Waals surface area contributed by atoms with Crippen LogP contribution in [0.5, 0.6) is 0 Å². The normalized spacial score (nSPS) is 21.5. The van der Waals surface area contributed by atoms with Gasteiger partial charge in [0.25, 0.3) is 0 Å². The Kier molecular flexibility index (Phi) is 8.01. The van der Waals surface area contributed by atoms with E-state index in [-0.39, 0.29) is 0 Å². The van der Waals surface area contributed by atoms with Crippen molar-refractivity contribution in [2.75, 3.05) is 26.2 Å². The monoisotopic (exact) mass is 268 g/mol. The molecular formula is C17H36N2. The number of hydrogen-bond donors (Lipinski definition) is 1. The van der Waals surface area contributed by atoms with E-state index in [2.05, 4.69) is 37.9 Å². The van der Waals surface area contributed by atoms with Gasteiger partial charge < -0.3 is 10.2 Å². The summed E-state index contributed by atoms with van der Waals surface area (Å²) in [5.74, 6) is 0. The highest BCUT2D eigenvalue weighted by molar-refractivity contribution is 4.85. The molecule has 2 heteroatoms. The average Bonchev–Trinajstić information content (AvgIpc) is 2.47. The van der Waals surface area contributed by atoms with E-state index in [1.807, 2.05) is 0 Å².